The number of ketones is 1. The molecule has 0 aliphatic rings. The molecule has 0 aromatic carbocycles. The van der Waals surface area contributed by atoms with Gasteiger partial charge < -0.3 is 4.57 Å². The van der Waals surface area contributed by atoms with Crippen LogP contribution in [-0.2, 0) is 0 Å². The maximum absolute atomic E-state index is 11.8. The molecule has 2 aromatic rings. The zero-order valence-corrected chi connectivity index (χ0v) is 13.2. The van der Waals surface area contributed by atoms with Gasteiger partial charge in [0.05, 0.1) is 11.9 Å². The second-order valence-corrected chi connectivity index (χ2v) is 6.42. The third-order valence-electron chi connectivity index (χ3n) is 3.47. The summed E-state index contributed by atoms with van der Waals surface area (Å²) in [4.78, 5) is 14.4. The van der Waals surface area contributed by atoms with Crippen LogP contribution in [0.2, 0.25) is 0 Å². The molecule has 0 aliphatic heterocycles. The summed E-state index contributed by atoms with van der Waals surface area (Å²) in [6, 6.07) is 6.48. The number of thiophene rings is 1. The van der Waals surface area contributed by atoms with Gasteiger partial charge in [-0.3, -0.25) is 4.79 Å². The molecule has 102 valence electrons. The number of rotatable bonds is 4. The Balaban J connectivity index is 2.45. The number of aryl methyl sites for hydroxylation is 2. The highest BCUT2D eigenvalue weighted by molar-refractivity contribution is 7.12. The molecule has 0 spiro atoms. The zero-order chi connectivity index (χ0) is 14.2. The summed E-state index contributed by atoms with van der Waals surface area (Å²) < 4.78 is 2.21. The van der Waals surface area contributed by atoms with E-state index in [0.29, 0.717) is 0 Å². The lowest BCUT2D eigenvalue weighted by Crippen LogP contribution is -2.10. The average Bonchev–Trinajstić information content (AvgIpc) is 2.92. The largest absolute Gasteiger partial charge is 0.341 e. The van der Waals surface area contributed by atoms with Crippen molar-refractivity contribution in [3.63, 3.8) is 0 Å². The maximum atomic E-state index is 11.8. The van der Waals surface area contributed by atoms with Crippen molar-refractivity contribution in [1.29, 1.82) is 0 Å². The number of hydrogen-bond donors (Lipinski definition) is 0. The predicted molar refractivity (Wildman–Crippen MR) is 81.8 cm³/mol. The van der Waals surface area contributed by atoms with Crippen LogP contribution >= 0.6 is 22.9 Å². The van der Waals surface area contributed by atoms with Crippen molar-refractivity contribution >= 4 is 28.7 Å². The second-order valence-electron chi connectivity index (χ2n) is 4.84. The first-order chi connectivity index (χ1) is 8.95. The molecular formula is C15H18ClNOS. The van der Waals surface area contributed by atoms with E-state index in [1.54, 1.807) is 11.3 Å². The molecule has 4 heteroatoms. The van der Waals surface area contributed by atoms with E-state index in [9.17, 15) is 4.79 Å². The minimum Gasteiger partial charge on any atom is -0.341 e. The molecule has 1 atom stereocenters. The van der Waals surface area contributed by atoms with Gasteiger partial charge in [0, 0.05) is 26.7 Å². The molecule has 0 amide bonds. The van der Waals surface area contributed by atoms with E-state index >= 15 is 0 Å². The highest BCUT2D eigenvalue weighted by atomic mass is 35.5. The first-order valence-electron chi connectivity index (χ1n) is 6.29. The van der Waals surface area contributed by atoms with Crippen molar-refractivity contribution in [2.24, 2.45) is 0 Å². The van der Waals surface area contributed by atoms with E-state index < -0.39 is 0 Å². The number of aromatic nitrogens is 1. The van der Waals surface area contributed by atoms with E-state index in [-0.39, 0.29) is 17.7 Å². The summed E-state index contributed by atoms with van der Waals surface area (Å²) >= 11 is 7.46. The van der Waals surface area contributed by atoms with Gasteiger partial charge in [-0.1, -0.05) is 0 Å². The normalized spacial score (nSPS) is 12.7. The maximum Gasteiger partial charge on any atom is 0.179 e. The first kappa shape index (κ1) is 14.4. The minimum absolute atomic E-state index is 0.00410. The lowest BCUT2D eigenvalue weighted by molar-refractivity contribution is 0.102. The molecule has 2 rings (SSSR count). The predicted octanol–water partition coefficient (Wildman–Crippen LogP) is 4.51. The summed E-state index contributed by atoms with van der Waals surface area (Å²) in [5.41, 5.74) is 2.85. The van der Waals surface area contributed by atoms with E-state index in [2.05, 4.69) is 30.5 Å². The lowest BCUT2D eigenvalue weighted by atomic mass is 10.2. The molecule has 1 unspecified atom stereocenters. The third kappa shape index (κ3) is 2.63. The Kier molecular flexibility index (Phi) is 4.16. The third-order valence-corrected chi connectivity index (χ3v) is 4.88. The molecule has 0 bridgehead atoms. The number of nitrogens with zero attached hydrogens (tertiary/aromatic N) is 1. The van der Waals surface area contributed by atoms with Gasteiger partial charge in [0.2, 0.25) is 0 Å². The molecule has 2 nitrogen and oxygen atoms in total. The van der Waals surface area contributed by atoms with Crippen LogP contribution in [0.25, 0.3) is 0 Å². The Bertz CT molecular complexity index is 612. The Labute approximate surface area is 123 Å². The number of hydrogen-bond acceptors (Lipinski definition) is 2. The number of alkyl halides is 1. The fourth-order valence-corrected chi connectivity index (χ4v) is 3.60. The number of carbonyl (C=O) groups is 1. The van der Waals surface area contributed by atoms with Gasteiger partial charge in [0.25, 0.3) is 0 Å². The molecular weight excluding hydrogens is 278 g/mol. The van der Waals surface area contributed by atoms with Gasteiger partial charge in [-0.2, -0.15) is 0 Å². The molecule has 19 heavy (non-hydrogen) atoms. The van der Waals surface area contributed by atoms with Gasteiger partial charge in [-0.05, 0) is 45.9 Å². The highest BCUT2D eigenvalue weighted by Crippen LogP contribution is 2.30. The van der Waals surface area contributed by atoms with Crippen LogP contribution in [-0.4, -0.2) is 16.2 Å². The summed E-state index contributed by atoms with van der Waals surface area (Å²) in [6.07, 6.45) is 0. The molecule has 0 aliphatic carbocycles. The quantitative estimate of drug-likeness (QED) is 0.601. The molecule has 0 fully saturated rings. The van der Waals surface area contributed by atoms with Crippen molar-refractivity contribution in [1.82, 2.24) is 4.57 Å². The van der Waals surface area contributed by atoms with Crippen LogP contribution in [0.3, 0.4) is 0 Å². The molecule has 0 saturated carbocycles. The number of Topliss-reactive ketones (excluding diaryl/α,β-unsaturated/α-hetero) is 1. The van der Waals surface area contributed by atoms with Crippen molar-refractivity contribution in [2.45, 2.75) is 33.7 Å². The topological polar surface area (TPSA) is 22.0 Å². The molecule has 0 N–H and O–H groups in total. The zero-order valence-electron chi connectivity index (χ0n) is 11.7. The average molecular weight is 296 g/mol. The minimum atomic E-state index is -0.00410. The SMILES string of the molecule is Cc1ccc(C(C)n2c(C)cc(C(=O)CCl)c2C)s1. The van der Waals surface area contributed by atoms with Gasteiger partial charge in [0.15, 0.2) is 5.78 Å². The van der Waals surface area contributed by atoms with E-state index in [4.69, 9.17) is 11.6 Å². The standard InChI is InChI=1S/C15H18ClNOS/c1-9-7-13(14(18)8-16)11(3)17(9)12(4)15-6-5-10(2)19-15/h5-7,12H,8H2,1-4H3. The van der Waals surface area contributed by atoms with Gasteiger partial charge >= 0.3 is 0 Å². The number of halogens is 1. The van der Waals surface area contributed by atoms with Crippen molar-refractivity contribution < 1.29 is 4.79 Å². The van der Waals surface area contributed by atoms with Gasteiger partial charge in [-0.25, -0.2) is 0 Å². The Hall–Kier alpha value is -1.06. The summed E-state index contributed by atoms with van der Waals surface area (Å²) in [5, 5.41) is 0. The second kappa shape index (κ2) is 5.51. The smallest absolute Gasteiger partial charge is 0.179 e. The monoisotopic (exact) mass is 295 g/mol. The van der Waals surface area contributed by atoms with Gasteiger partial charge in [0.1, 0.15) is 0 Å². The molecule has 0 saturated heterocycles. The Morgan fingerprint density at radius 3 is 2.58 bits per heavy atom. The summed E-state index contributed by atoms with van der Waals surface area (Å²) in [6.45, 7) is 8.30. The number of carbonyl (C=O) groups excluding carboxylic acids is 1. The Morgan fingerprint density at radius 1 is 1.37 bits per heavy atom. The highest BCUT2D eigenvalue weighted by Gasteiger charge is 2.19. The van der Waals surface area contributed by atoms with E-state index in [1.807, 2.05) is 19.9 Å². The molecule has 2 heterocycles. The first-order valence-corrected chi connectivity index (χ1v) is 7.64. The van der Waals surface area contributed by atoms with Crippen molar-refractivity contribution in [2.75, 3.05) is 5.88 Å². The summed E-state index contributed by atoms with van der Waals surface area (Å²) in [7, 11) is 0. The fraction of sp³-hybridized carbons (Fsp3) is 0.400. The van der Waals surface area contributed by atoms with Crippen LogP contribution in [0.15, 0.2) is 18.2 Å². The van der Waals surface area contributed by atoms with Crippen LogP contribution in [0.5, 0.6) is 0 Å². The van der Waals surface area contributed by atoms with Crippen LogP contribution in [0, 0.1) is 20.8 Å². The summed E-state index contributed by atoms with van der Waals surface area (Å²) in [5.74, 6) is 0.0344. The lowest BCUT2D eigenvalue weighted by Gasteiger charge is -2.17. The van der Waals surface area contributed by atoms with Crippen LogP contribution in [0.1, 0.15) is 44.5 Å². The van der Waals surface area contributed by atoms with Gasteiger partial charge in [-0.15, -0.1) is 22.9 Å². The van der Waals surface area contributed by atoms with E-state index in [0.717, 1.165) is 17.0 Å². The van der Waals surface area contributed by atoms with Crippen molar-refractivity contribution in [3.05, 3.63) is 44.9 Å². The molecule has 0 radical (unpaired) electrons. The fourth-order valence-electron chi connectivity index (χ4n) is 2.53. The van der Waals surface area contributed by atoms with Crippen LogP contribution in [0.4, 0.5) is 0 Å². The van der Waals surface area contributed by atoms with E-state index in [1.165, 1.54) is 9.75 Å². The van der Waals surface area contributed by atoms with Crippen LogP contribution < -0.4 is 0 Å². The molecule has 2 aromatic heterocycles. The van der Waals surface area contributed by atoms with Crippen molar-refractivity contribution in [3.8, 4) is 0 Å². The Morgan fingerprint density at radius 2 is 2.05 bits per heavy atom.